The Bertz CT molecular complexity index is 486. The van der Waals surface area contributed by atoms with Crippen molar-refractivity contribution in [3.63, 3.8) is 0 Å². The molecule has 0 aromatic heterocycles. The van der Waals surface area contributed by atoms with E-state index in [-0.39, 0.29) is 37.0 Å². The smallest absolute Gasteiger partial charge is 0.303 e. The number of carboxylic acid groups (broad SMARTS) is 1. The zero-order valence-electron chi connectivity index (χ0n) is 16.8. The molecule has 10 nitrogen and oxygen atoms in total. The van der Waals surface area contributed by atoms with Crippen LogP contribution in [0.15, 0.2) is 0 Å². The topological polar surface area (TPSA) is 143 Å². The number of unbranched alkanes of at least 4 members (excludes halogenated alkanes) is 2. The monoisotopic (exact) mass is 403 g/mol. The summed E-state index contributed by atoms with van der Waals surface area (Å²) < 4.78 is 10.1. The molecule has 0 rings (SSSR count). The maximum Gasteiger partial charge on any atom is 0.303 e. The molecule has 0 heterocycles. The molecule has 0 spiro atoms. The van der Waals surface area contributed by atoms with Gasteiger partial charge in [0, 0.05) is 40.0 Å². The Labute approximate surface area is 165 Å². The lowest BCUT2D eigenvalue weighted by atomic mass is 10.1. The van der Waals surface area contributed by atoms with Gasteiger partial charge in [-0.15, -0.1) is 0 Å². The van der Waals surface area contributed by atoms with Crippen LogP contribution in [0.25, 0.3) is 0 Å². The fourth-order valence-electron chi connectivity index (χ4n) is 2.30. The molecule has 28 heavy (non-hydrogen) atoms. The molecule has 0 saturated carbocycles. The summed E-state index contributed by atoms with van der Waals surface area (Å²) in [5.74, 6) is -1.76. The quantitative estimate of drug-likeness (QED) is 0.247. The van der Waals surface area contributed by atoms with E-state index in [0.717, 1.165) is 6.42 Å². The Morgan fingerprint density at radius 1 is 0.929 bits per heavy atom. The van der Waals surface area contributed by atoms with Crippen molar-refractivity contribution >= 4 is 23.7 Å². The van der Waals surface area contributed by atoms with Crippen LogP contribution in [-0.4, -0.2) is 74.9 Å². The van der Waals surface area contributed by atoms with Crippen molar-refractivity contribution < 1.29 is 33.8 Å². The van der Waals surface area contributed by atoms with E-state index < -0.39 is 12.0 Å². The zero-order valence-corrected chi connectivity index (χ0v) is 16.8. The predicted octanol–water partition coefficient (Wildman–Crippen LogP) is -0.188. The molecule has 0 aliphatic heterocycles. The number of carbonyl (C=O) groups excluding carboxylic acids is 3. The number of rotatable bonds is 17. The van der Waals surface area contributed by atoms with Crippen molar-refractivity contribution in [3.05, 3.63) is 0 Å². The Kier molecular flexibility index (Phi) is 15.6. The molecule has 0 aliphatic carbocycles. The molecule has 10 heteroatoms. The van der Waals surface area contributed by atoms with Crippen LogP contribution in [-0.2, 0) is 28.7 Å². The van der Waals surface area contributed by atoms with E-state index in [0.29, 0.717) is 45.8 Å². The lowest BCUT2D eigenvalue weighted by Gasteiger charge is -2.17. The first kappa shape index (κ1) is 25.8. The number of amides is 3. The maximum absolute atomic E-state index is 12.2. The highest BCUT2D eigenvalue weighted by Gasteiger charge is 2.20. The van der Waals surface area contributed by atoms with Gasteiger partial charge in [0.2, 0.25) is 17.7 Å². The number of methoxy groups -OCH3 is 1. The summed E-state index contributed by atoms with van der Waals surface area (Å²) >= 11 is 0. The summed E-state index contributed by atoms with van der Waals surface area (Å²) in [6.45, 7) is 3.28. The minimum Gasteiger partial charge on any atom is -0.481 e. The van der Waals surface area contributed by atoms with Crippen LogP contribution in [0.1, 0.15) is 45.4 Å². The second kappa shape index (κ2) is 16.9. The van der Waals surface area contributed by atoms with Gasteiger partial charge >= 0.3 is 5.97 Å². The number of nitrogens with one attached hydrogen (secondary N) is 3. The van der Waals surface area contributed by atoms with Crippen molar-refractivity contribution in [1.29, 1.82) is 0 Å². The standard InChI is InChI=1S/C18H33N3O7/c1-14(22)21-15(18(26)20-10-11-28-13-12-27-2)7-8-16(23)19-9-5-3-4-6-17(24)25/h15H,3-13H2,1-2H3,(H,19,23)(H,20,26)(H,21,22)(H,24,25). The lowest BCUT2D eigenvalue weighted by molar-refractivity contribution is -0.137. The predicted molar refractivity (Wildman–Crippen MR) is 102 cm³/mol. The van der Waals surface area contributed by atoms with Crippen LogP contribution < -0.4 is 16.0 Å². The Morgan fingerprint density at radius 2 is 1.68 bits per heavy atom. The molecular weight excluding hydrogens is 370 g/mol. The van der Waals surface area contributed by atoms with E-state index in [1.807, 2.05) is 0 Å². The number of ether oxygens (including phenoxy) is 2. The summed E-state index contributed by atoms with van der Waals surface area (Å²) in [5, 5.41) is 16.5. The van der Waals surface area contributed by atoms with Gasteiger partial charge in [-0.1, -0.05) is 6.42 Å². The average Bonchev–Trinajstić information content (AvgIpc) is 2.63. The van der Waals surface area contributed by atoms with Crippen LogP contribution >= 0.6 is 0 Å². The van der Waals surface area contributed by atoms with E-state index in [9.17, 15) is 19.2 Å². The average molecular weight is 403 g/mol. The van der Waals surface area contributed by atoms with Crippen LogP contribution in [0, 0.1) is 0 Å². The minimum absolute atomic E-state index is 0.0951. The molecule has 162 valence electrons. The highest BCUT2D eigenvalue weighted by atomic mass is 16.5. The number of hydrogen-bond acceptors (Lipinski definition) is 6. The number of carbonyl (C=O) groups is 4. The van der Waals surface area contributed by atoms with Crippen molar-refractivity contribution in [2.24, 2.45) is 0 Å². The van der Waals surface area contributed by atoms with Crippen molar-refractivity contribution in [1.82, 2.24) is 16.0 Å². The summed E-state index contributed by atoms with van der Waals surface area (Å²) in [7, 11) is 1.57. The van der Waals surface area contributed by atoms with Crippen LogP contribution in [0.5, 0.6) is 0 Å². The number of aliphatic carboxylic acids is 1. The Hall–Kier alpha value is -2.20. The summed E-state index contributed by atoms with van der Waals surface area (Å²) in [6, 6.07) is -0.794. The van der Waals surface area contributed by atoms with Gasteiger partial charge in [0.1, 0.15) is 6.04 Å². The molecule has 0 radical (unpaired) electrons. The number of carboxylic acids is 1. The van der Waals surface area contributed by atoms with Crippen LogP contribution in [0.2, 0.25) is 0 Å². The van der Waals surface area contributed by atoms with E-state index in [4.69, 9.17) is 14.6 Å². The van der Waals surface area contributed by atoms with Gasteiger partial charge in [-0.2, -0.15) is 0 Å². The first-order valence-corrected chi connectivity index (χ1v) is 9.46. The van der Waals surface area contributed by atoms with Crippen LogP contribution in [0.3, 0.4) is 0 Å². The second-order valence-electron chi connectivity index (χ2n) is 6.24. The largest absolute Gasteiger partial charge is 0.481 e. The normalized spacial score (nSPS) is 11.5. The van der Waals surface area contributed by atoms with E-state index in [1.165, 1.54) is 6.92 Å². The first-order valence-electron chi connectivity index (χ1n) is 9.46. The molecule has 1 atom stereocenters. The summed E-state index contributed by atoms with van der Waals surface area (Å²) in [6.07, 6.45) is 2.39. The van der Waals surface area contributed by atoms with Crippen molar-refractivity contribution in [3.8, 4) is 0 Å². The molecule has 0 saturated heterocycles. The van der Waals surface area contributed by atoms with Gasteiger partial charge in [0.25, 0.3) is 0 Å². The highest BCUT2D eigenvalue weighted by Crippen LogP contribution is 2.01. The third kappa shape index (κ3) is 16.0. The molecule has 0 aromatic rings. The minimum atomic E-state index is -0.826. The van der Waals surface area contributed by atoms with Crippen molar-refractivity contribution in [2.75, 3.05) is 40.0 Å². The Balaban J connectivity index is 4.05. The highest BCUT2D eigenvalue weighted by molar-refractivity contribution is 5.87. The van der Waals surface area contributed by atoms with Gasteiger partial charge in [-0.25, -0.2) is 0 Å². The molecule has 0 bridgehead atoms. The summed E-state index contributed by atoms with van der Waals surface area (Å²) in [4.78, 5) is 45.8. The van der Waals surface area contributed by atoms with Gasteiger partial charge in [-0.05, 0) is 19.3 Å². The van der Waals surface area contributed by atoms with Gasteiger partial charge in [0.05, 0.1) is 19.8 Å². The molecule has 4 N–H and O–H groups in total. The molecule has 0 fully saturated rings. The third-order valence-electron chi connectivity index (χ3n) is 3.72. The zero-order chi connectivity index (χ0) is 21.2. The van der Waals surface area contributed by atoms with Gasteiger partial charge in [-0.3, -0.25) is 19.2 Å². The molecule has 0 aliphatic rings. The van der Waals surface area contributed by atoms with E-state index >= 15 is 0 Å². The molecule has 3 amide bonds. The fraction of sp³-hybridized carbons (Fsp3) is 0.778. The van der Waals surface area contributed by atoms with E-state index in [2.05, 4.69) is 16.0 Å². The van der Waals surface area contributed by atoms with Crippen molar-refractivity contribution in [2.45, 2.75) is 51.5 Å². The second-order valence-corrected chi connectivity index (χ2v) is 6.24. The van der Waals surface area contributed by atoms with Crippen LogP contribution in [0.4, 0.5) is 0 Å². The first-order chi connectivity index (χ1) is 13.4. The molecular formula is C18H33N3O7. The summed E-state index contributed by atoms with van der Waals surface area (Å²) in [5.41, 5.74) is 0. The lowest BCUT2D eigenvalue weighted by Crippen LogP contribution is -2.47. The Morgan fingerprint density at radius 3 is 2.32 bits per heavy atom. The van der Waals surface area contributed by atoms with Gasteiger partial charge in [0.15, 0.2) is 0 Å². The molecule has 1 unspecified atom stereocenters. The maximum atomic E-state index is 12.2. The SMILES string of the molecule is COCCOCCNC(=O)C(CCC(=O)NCCCCCC(=O)O)NC(C)=O. The van der Waals surface area contributed by atoms with Gasteiger partial charge < -0.3 is 30.5 Å². The fourth-order valence-corrected chi connectivity index (χ4v) is 2.30. The molecule has 0 aromatic carbocycles. The third-order valence-corrected chi connectivity index (χ3v) is 3.72. The van der Waals surface area contributed by atoms with E-state index in [1.54, 1.807) is 7.11 Å². The number of hydrogen-bond donors (Lipinski definition) is 4.